The molecule has 0 aliphatic carbocycles. The Morgan fingerprint density at radius 2 is 2.22 bits per heavy atom. The third-order valence-electron chi connectivity index (χ3n) is 3.25. The number of rotatable bonds is 1. The molecule has 0 bridgehead atoms. The lowest BCUT2D eigenvalue weighted by Crippen LogP contribution is -2.08. The van der Waals surface area contributed by atoms with Gasteiger partial charge >= 0.3 is 0 Å². The number of para-hydroxylation sites is 1. The van der Waals surface area contributed by atoms with Crippen molar-refractivity contribution in [1.29, 1.82) is 5.26 Å². The number of nitriles is 1. The van der Waals surface area contributed by atoms with Gasteiger partial charge in [0, 0.05) is 12.0 Å². The molecule has 0 amide bonds. The molecule has 3 rings (SSSR count). The van der Waals surface area contributed by atoms with E-state index < -0.39 is 0 Å². The summed E-state index contributed by atoms with van der Waals surface area (Å²) in [5, 5.41) is 13.9. The van der Waals surface area contributed by atoms with Gasteiger partial charge in [-0.05, 0) is 18.6 Å². The summed E-state index contributed by atoms with van der Waals surface area (Å²) in [5.41, 5.74) is 4.59. The van der Waals surface area contributed by atoms with E-state index in [0.29, 0.717) is 18.9 Å². The molecule has 0 fully saturated rings. The lowest BCUT2D eigenvalue weighted by atomic mass is 10.1. The van der Waals surface area contributed by atoms with Crippen LogP contribution in [0.1, 0.15) is 22.5 Å². The number of aromatic nitrogens is 2. The summed E-state index contributed by atoms with van der Waals surface area (Å²) in [6.07, 6.45) is 0.781. The van der Waals surface area contributed by atoms with Crippen LogP contribution in [0.3, 0.4) is 0 Å². The van der Waals surface area contributed by atoms with Crippen LogP contribution in [0.4, 0.5) is 0 Å². The molecule has 2 heterocycles. The van der Waals surface area contributed by atoms with E-state index in [1.165, 1.54) is 0 Å². The van der Waals surface area contributed by atoms with Gasteiger partial charge in [-0.15, -0.1) is 0 Å². The first-order valence-electron chi connectivity index (χ1n) is 5.96. The molecule has 1 aliphatic rings. The average molecular weight is 239 g/mol. The van der Waals surface area contributed by atoms with Crippen LogP contribution >= 0.6 is 0 Å². The average Bonchev–Trinajstić information content (AvgIpc) is 2.77. The zero-order chi connectivity index (χ0) is 12.5. The Labute approximate surface area is 105 Å². The van der Waals surface area contributed by atoms with Crippen LogP contribution < -0.4 is 0 Å². The SMILES string of the molecule is Cc1ccccc1-n1nc2c(c1C#N)COCC2. The molecular weight excluding hydrogens is 226 g/mol. The highest BCUT2D eigenvalue weighted by molar-refractivity contribution is 5.47. The summed E-state index contributed by atoms with van der Waals surface area (Å²) in [7, 11) is 0. The molecule has 0 atom stereocenters. The Kier molecular flexibility index (Phi) is 2.62. The van der Waals surface area contributed by atoms with E-state index in [1.54, 1.807) is 4.68 Å². The minimum absolute atomic E-state index is 0.490. The van der Waals surface area contributed by atoms with Crippen LogP contribution in [0.25, 0.3) is 5.69 Å². The van der Waals surface area contributed by atoms with Gasteiger partial charge in [0.15, 0.2) is 0 Å². The Bertz CT molecular complexity index is 637. The monoisotopic (exact) mass is 239 g/mol. The quantitative estimate of drug-likeness (QED) is 0.766. The Hall–Kier alpha value is -2.12. The van der Waals surface area contributed by atoms with Crippen LogP contribution in [0, 0.1) is 18.3 Å². The zero-order valence-corrected chi connectivity index (χ0v) is 10.2. The van der Waals surface area contributed by atoms with Gasteiger partial charge in [0.05, 0.1) is 24.6 Å². The van der Waals surface area contributed by atoms with Crippen LogP contribution in [0.5, 0.6) is 0 Å². The Morgan fingerprint density at radius 1 is 1.39 bits per heavy atom. The third kappa shape index (κ3) is 1.60. The molecular formula is C14H13N3O. The summed E-state index contributed by atoms with van der Waals surface area (Å²) in [5.74, 6) is 0. The van der Waals surface area contributed by atoms with Crippen molar-refractivity contribution in [3.05, 3.63) is 46.8 Å². The minimum atomic E-state index is 0.490. The largest absolute Gasteiger partial charge is 0.376 e. The van der Waals surface area contributed by atoms with Gasteiger partial charge in [0.2, 0.25) is 0 Å². The van der Waals surface area contributed by atoms with Crippen molar-refractivity contribution in [2.75, 3.05) is 6.61 Å². The molecule has 0 unspecified atom stereocenters. The highest BCUT2D eigenvalue weighted by atomic mass is 16.5. The smallest absolute Gasteiger partial charge is 0.150 e. The minimum Gasteiger partial charge on any atom is -0.376 e. The molecule has 4 nitrogen and oxygen atoms in total. The van der Waals surface area contributed by atoms with E-state index in [9.17, 15) is 5.26 Å². The fourth-order valence-corrected chi connectivity index (χ4v) is 2.28. The molecule has 2 aromatic rings. The highest BCUT2D eigenvalue weighted by Crippen LogP contribution is 2.24. The maximum absolute atomic E-state index is 9.35. The van der Waals surface area contributed by atoms with Crippen LogP contribution in [-0.4, -0.2) is 16.4 Å². The van der Waals surface area contributed by atoms with Crippen LogP contribution in [-0.2, 0) is 17.8 Å². The molecule has 0 saturated heterocycles. The number of hydrogen-bond acceptors (Lipinski definition) is 3. The number of fused-ring (bicyclic) bond motifs is 1. The fourth-order valence-electron chi connectivity index (χ4n) is 2.28. The maximum Gasteiger partial charge on any atom is 0.150 e. The summed E-state index contributed by atoms with van der Waals surface area (Å²) in [4.78, 5) is 0. The highest BCUT2D eigenvalue weighted by Gasteiger charge is 2.22. The first-order chi connectivity index (χ1) is 8.81. The van der Waals surface area contributed by atoms with E-state index in [2.05, 4.69) is 11.2 Å². The molecule has 0 N–H and O–H groups in total. The number of aryl methyl sites for hydroxylation is 1. The number of nitrogens with zero attached hydrogens (tertiary/aromatic N) is 3. The van der Waals surface area contributed by atoms with E-state index in [4.69, 9.17) is 4.74 Å². The van der Waals surface area contributed by atoms with Gasteiger partial charge in [-0.3, -0.25) is 0 Å². The second-order valence-electron chi connectivity index (χ2n) is 4.39. The van der Waals surface area contributed by atoms with Gasteiger partial charge in [0.25, 0.3) is 0 Å². The van der Waals surface area contributed by atoms with Gasteiger partial charge < -0.3 is 4.74 Å². The first kappa shape index (κ1) is 11.0. The topological polar surface area (TPSA) is 50.8 Å². The standard InChI is InChI=1S/C14H13N3O/c1-10-4-2-3-5-13(10)17-14(8-15)11-9-18-7-6-12(11)16-17/h2-5H,6-7,9H2,1H3. The molecule has 1 aliphatic heterocycles. The summed E-state index contributed by atoms with van der Waals surface area (Å²) in [6, 6.07) is 10.2. The van der Waals surface area contributed by atoms with Crippen molar-refractivity contribution in [1.82, 2.24) is 9.78 Å². The third-order valence-corrected chi connectivity index (χ3v) is 3.25. The fraction of sp³-hybridized carbons (Fsp3) is 0.286. The van der Waals surface area contributed by atoms with Gasteiger partial charge in [-0.25, -0.2) is 4.68 Å². The second kappa shape index (κ2) is 4.28. The van der Waals surface area contributed by atoms with E-state index in [1.807, 2.05) is 31.2 Å². The van der Waals surface area contributed by atoms with E-state index in [0.717, 1.165) is 28.9 Å². The molecule has 0 saturated carbocycles. The van der Waals surface area contributed by atoms with Gasteiger partial charge in [0.1, 0.15) is 11.8 Å². The lowest BCUT2D eigenvalue weighted by Gasteiger charge is -2.09. The van der Waals surface area contributed by atoms with Crippen LogP contribution in [0.15, 0.2) is 24.3 Å². The molecule has 0 radical (unpaired) electrons. The summed E-state index contributed by atoms with van der Waals surface area (Å²) >= 11 is 0. The van der Waals surface area contributed by atoms with Crippen molar-refractivity contribution in [2.45, 2.75) is 20.0 Å². The van der Waals surface area contributed by atoms with Crippen molar-refractivity contribution >= 4 is 0 Å². The Balaban J connectivity index is 2.22. The van der Waals surface area contributed by atoms with Crippen molar-refractivity contribution < 1.29 is 4.74 Å². The predicted octanol–water partition coefficient (Wildman–Crippen LogP) is 2.13. The molecule has 4 heteroatoms. The van der Waals surface area contributed by atoms with Gasteiger partial charge in [-0.2, -0.15) is 10.4 Å². The van der Waals surface area contributed by atoms with E-state index in [-0.39, 0.29) is 0 Å². The van der Waals surface area contributed by atoms with Crippen molar-refractivity contribution in [2.24, 2.45) is 0 Å². The van der Waals surface area contributed by atoms with Gasteiger partial charge in [-0.1, -0.05) is 18.2 Å². The normalized spacial score (nSPS) is 14.0. The summed E-state index contributed by atoms with van der Waals surface area (Å²) in [6.45, 7) is 3.19. The van der Waals surface area contributed by atoms with Crippen molar-refractivity contribution in [3.8, 4) is 11.8 Å². The van der Waals surface area contributed by atoms with E-state index >= 15 is 0 Å². The van der Waals surface area contributed by atoms with Crippen LogP contribution in [0.2, 0.25) is 0 Å². The lowest BCUT2D eigenvalue weighted by molar-refractivity contribution is 0.110. The summed E-state index contributed by atoms with van der Waals surface area (Å²) < 4.78 is 7.16. The molecule has 1 aromatic heterocycles. The number of ether oxygens (including phenoxy) is 1. The number of benzene rings is 1. The predicted molar refractivity (Wildman–Crippen MR) is 66.4 cm³/mol. The molecule has 0 spiro atoms. The molecule has 1 aromatic carbocycles. The molecule has 18 heavy (non-hydrogen) atoms. The maximum atomic E-state index is 9.35. The first-order valence-corrected chi connectivity index (χ1v) is 5.96. The Morgan fingerprint density at radius 3 is 3.00 bits per heavy atom. The van der Waals surface area contributed by atoms with Crippen molar-refractivity contribution in [3.63, 3.8) is 0 Å². The second-order valence-corrected chi connectivity index (χ2v) is 4.39. The zero-order valence-electron chi connectivity index (χ0n) is 10.2. The molecule has 90 valence electrons. The number of hydrogen-bond donors (Lipinski definition) is 0.